The summed E-state index contributed by atoms with van der Waals surface area (Å²) >= 11 is 0. The molecule has 0 aromatic heterocycles. The molecule has 0 atom stereocenters. The second-order valence-electron chi connectivity index (χ2n) is 3.47. The van der Waals surface area contributed by atoms with Crippen LogP contribution in [0.3, 0.4) is 0 Å². The predicted molar refractivity (Wildman–Crippen MR) is 73.4 cm³/mol. The number of ketones is 1. The van der Waals surface area contributed by atoms with E-state index in [2.05, 4.69) is 0 Å². The van der Waals surface area contributed by atoms with Gasteiger partial charge in [0.25, 0.3) is 0 Å². The summed E-state index contributed by atoms with van der Waals surface area (Å²) in [6.45, 7) is 0. The van der Waals surface area contributed by atoms with Crippen LogP contribution in [0.1, 0.15) is 15.9 Å². The summed E-state index contributed by atoms with van der Waals surface area (Å²) in [5.74, 6) is 0.0319. The maximum absolute atomic E-state index is 11.7. The molecule has 0 aliphatic carbocycles. The molecule has 0 N–H and O–H groups in total. The second kappa shape index (κ2) is 6.91. The topological polar surface area (TPSA) is 17.1 Å². The summed E-state index contributed by atoms with van der Waals surface area (Å²) in [5.41, 5.74) is 1.75. The Kier molecular flexibility index (Phi) is 5.49. The van der Waals surface area contributed by atoms with Crippen LogP contribution in [0.15, 0.2) is 66.7 Å². The SMILES string of the molecule is O=C(/C=C/c1ccccc1)c1ccccc1.[LiH]. The number of hydrogen-bond donors (Lipinski definition) is 0. The van der Waals surface area contributed by atoms with Gasteiger partial charge in [0.2, 0.25) is 0 Å². The molecule has 0 aliphatic heterocycles. The van der Waals surface area contributed by atoms with Crippen LogP contribution < -0.4 is 0 Å². The molecule has 2 rings (SSSR count). The van der Waals surface area contributed by atoms with Gasteiger partial charge in [-0.2, -0.15) is 0 Å². The van der Waals surface area contributed by atoms with Gasteiger partial charge < -0.3 is 0 Å². The van der Waals surface area contributed by atoms with Crippen molar-refractivity contribution >= 4 is 30.7 Å². The Balaban J connectivity index is 0.00000144. The van der Waals surface area contributed by atoms with E-state index < -0.39 is 0 Å². The average Bonchev–Trinajstić information content (AvgIpc) is 2.38. The summed E-state index contributed by atoms with van der Waals surface area (Å²) in [4.78, 5) is 11.7. The summed E-state index contributed by atoms with van der Waals surface area (Å²) in [6.07, 6.45) is 3.43. The minimum absolute atomic E-state index is 0. The Labute approximate surface area is 113 Å². The fourth-order valence-corrected chi connectivity index (χ4v) is 1.43. The second-order valence-corrected chi connectivity index (χ2v) is 3.47. The van der Waals surface area contributed by atoms with Crippen molar-refractivity contribution in [2.24, 2.45) is 0 Å². The zero-order chi connectivity index (χ0) is 11.2. The van der Waals surface area contributed by atoms with E-state index in [0.717, 1.165) is 11.1 Å². The number of allylic oxidation sites excluding steroid dienone is 1. The number of carbonyl (C=O) groups excluding carboxylic acids is 1. The summed E-state index contributed by atoms with van der Waals surface area (Å²) in [6, 6.07) is 19.1. The molecule has 2 aromatic carbocycles. The summed E-state index contributed by atoms with van der Waals surface area (Å²) < 4.78 is 0. The molecule has 17 heavy (non-hydrogen) atoms. The summed E-state index contributed by atoms with van der Waals surface area (Å²) in [5, 5.41) is 0. The first-order valence-corrected chi connectivity index (χ1v) is 5.19. The molecule has 80 valence electrons. The molecule has 0 bridgehead atoms. The van der Waals surface area contributed by atoms with Gasteiger partial charge in [-0.25, -0.2) is 0 Å². The fraction of sp³-hybridized carbons (Fsp3) is 0. The molecule has 0 unspecified atom stereocenters. The Hall–Kier alpha value is -1.55. The van der Waals surface area contributed by atoms with Gasteiger partial charge in [-0.15, -0.1) is 0 Å². The van der Waals surface area contributed by atoms with Crippen LogP contribution in [0, 0.1) is 0 Å². The molecule has 2 heteroatoms. The van der Waals surface area contributed by atoms with Crippen LogP contribution in [0.2, 0.25) is 0 Å². The molecule has 0 radical (unpaired) electrons. The standard InChI is InChI=1S/C15H12O.Li.H/c16-15(14-9-5-2-6-10-14)12-11-13-7-3-1-4-8-13;;/h1-12H;;/b12-11+;;. The van der Waals surface area contributed by atoms with E-state index >= 15 is 0 Å². The molecule has 0 fully saturated rings. The molecule has 0 spiro atoms. The molecule has 0 saturated carbocycles. The van der Waals surface area contributed by atoms with Gasteiger partial charge >= 0.3 is 18.9 Å². The predicted octanol–water partition coefficient (Wildman–Crippen LogP) is 2.93. The third-order valence-electron chi connectivity index (χ3n) is 2.29. The molecule has 0 heterocycles. The average molecular weight is 216 g/mol. The number of carbonyl (C=O) groups is 1. The minimum atomic E-state index is 0. The maximum atomic E-state index is 11.7. The van der Waals surface area contributed by atoms with Crippen molar-refractivity contribution in [1.82, 2.24) is 0 Å². The van der Waals surface area contributed by atoms with Gasteiger partial charge in [0, 0.05) is 5.56 Å². The van der Waals surface area contributed by atoms with Crippen molar-refractivity contribution in [3.63, 3.8) is 0 Å². The van der Waals surface area contributed by atoms with Gasteiger partial charge in [-0.05, 0) is 11.6 Å². The Morgan fingerprint density at radius 2 is 1.35 bits per heavy atom. The van der Waals surface area contributed by atoms with E-state index in [9.17, 15) is 4.79 Å². The number of rotatable bonds is 3. The zero-order valence-electron chi connectivity index (χ0n) is 8.84. The first-order chi connectivity index (χ1) is 7.86. The Morgan fingerprint density at radius 1 is 0.824 bits per heavy atom. The van der Waals surface area contributed by atoms with Crippen molar-refractivity contribution in [1.29, 1.82) is 0 Å². The van der Waals surface area contributed by atoms with Gasteiger partial charge in [-0.3, -0.25) is 4.79 Å². The van der Waals surface area contributed by atoms with Crippen LogP contribution in [-0.4, -0.2) is 24.6 Å². The first-order valence-electron chi connectivity index (χ1n) is 5.19. The van der Waals surface area contributed by atoms with Gasteiger partial charge in [0.1, 0.15) is 0 Å². The molecular formula is C15H13LiO. The van der Waals surface area contributed by atoms with Crippen LogP contribution >= 0.6 is 0 Å². The van der Waals surface area contributed by atoms with Crippen molar-refractivity contribution in [3.8, 4) is 0 Å². The van der Waals surface area contributed by atoms with Gasteiger partial charge in [-0.1, -0.05) is 66.7 Å². The third-order valence-corrected chi connectivity index (χ3v) is 2.29. The first kappa shape index (κ1) is 13.5. The molecule has 1 nitrogen and oxygen atoms in total. The van der Waals surface area contributed by atoms with E-state index in [0.29, 0.717) is 0 Å². The molecule has 0 saturated heterocycles. The van der Waals surface area contributed by atoms with Crippen LogP contribution in [0.25, 0.3) is 6.08 Å². The van der Waals surface area contributed by atoms with E-state index in [1.54, 1.807) is 6.08 Å². The fourth-order valence-electron chi connectivity index (χ4n) is 1.43. The van der Waals surface area contributed by atoms with E-state index in [1.807, 2.05) is 66.7 Å². The van der Waals surface area contributed by atoms with Gasteiger partial charge in [0.15, 0.2) is 5.78 Å². The third kappa shape index (κ3) is 4.07. The molecule has 0 amide bonds. The quantitative estimate of drug-likeness (QED) is 0.438. The van der Waals surface area contributed by atoms with Crippen molar-refractivity contribution < 1.29 is 4.79 Å². The normalized spacial score (nSPS) is 9.88. The van der Waals surface area contributed by atoms with E-state index in [-0.39, 0.29) is 24.6 Å². The Bertz CT molecular complexity index is 489. The molecular weight excluding hydrogens is 203 g/mol. The van der Waals surface area contributed by atoms with Crippen molar-refractivity contribution in [2.75, 3.05) is 0 Å². The van der Waals surface area contributed by atoms with E-state index in [1.165, 1.54) is 0 Å². The Morgan fingerprint density at radius 3 is 1.94 bits per heavy atom. The number of benzene rings is 2. The number of hydrogen-bond acceptors (Lipinski definition) is 1. The van der Waals surface area contributed by atoms with Crippen molar-refractivity contribution in [3.05, 3.63) is 77.9 Å². The van der Waals surface area contributed by atoms with E-state index in [4.69, 9.17) is 0 Å². The molecule has 0 aliphatic rings. The van der Waals surface area contributed by atoms with Gasteiger partial charge in [0.05, 0.1) is 0 Å². The van der Waals surface area contributed by atoms with Crippen LogP contribution in [-0.2, 0) is 0 Å². The van der Waals surface area contributed by atoms with Crippen LogP contribution in [0.5, 0.6) is 0 Å². The summed E-state index contributed by atoms with van der Waals surface area (Å²) in [7, 11) is 0. The van der Waals surface area contributed by atoms with Crippen LogP contribution in [0.4, 0.5) is 0 Å². The van der Waals surface area contributed by atoms with Crippen molar-refractivity contribution in [2.45, 2.75) is 0 Å². The monoisotopic (exact) mass is 216 g/mol. The zero-order valence-corrected chi connectivity index (χ0v) is 8.84. The molecule has 2 aromatic rings.